The van der Waals surface area contributed by atoms with Crippen LogP contribution in [0, 0.1) is 11.7 Å². The van der Waals surface area contributed by atoms with Gasteiger partial charge in [0, 0.05) is 36.9 Å². The average Bonchev–Trinajstić information content (AvgIpc) is 2.80. The van der Waals surface area contributed by atoms with Crippen molar-refractivity contribution >= 4 is 23.5 Å². The molecule has 1 fully saturated rings. The monoisotopic (exact) mass is 422 g/mol. The van der Waals surface area contributed by atoms with Gasteiger partial charge >= 0.3 is 0 Å². The molecule has 5 nitrogen and oxygen atoms in total. The van der Waals surface area contributed by atoms with Gasteiger partial charge in [0.25, 0.3) is 0 Å². The maximum Gasteiger partial charge on any atom is 0.225 e. The summed E-state index contributed by atoms with van der Waals surface area (Å²) in [6.07, 6.45) is 5.15. The molecule has 0 unspecified atom stereocenters. The minimum absolute atomic E-state index is 0.0187. The van der Waals surface area contributed by atoms with Gasteiger partial charge in [-0.3, -0.25) is 4.79 Å². The van der Waals surface area contributed by atoms with E-state index in [1.165, 1.54) is 12.1 Å². The summed E-state index contributed by atoms with van der Waals surface area (Å²) in [4.78, 5) is 25.1. The van der Waals surface area contributed by atoms with Gasteiger partial charge in [-0.25, -0.2) is 14.4 Å². The van der Waals surface area contributed by atoms with Crippen molar-refractivity contribution in [3.05, 3.63) is 78.4 Å². The lowest BCUT2D eigenvalue weighted by Gasteiger charge is -2.33. The predicted molar refractivity (Wildman–Crippen MR) is 116 cm³/mol. The Kier molecular flexibility index (Phi) is 6.59. The van der Waals surface area contributed by atoms with Crippen molar-refractivity contribution in [1.29, 1.82) is 0 Å². The Labute approximate surface area is 179 Å². The van der Waals surface area contributed by atoms with Crippen LogP contribution in [-0.2, 0) is 11.3 Å². The number of amides is 1. The smallest absolute Gasteiger partial charge is 0.225 e. The van der Waals surface area contributed by atoms with Gasteiger partial charge < -0.3 is 10.2 Å². The van der Waals surface area contributed by atoms with Crippen LogP contribution < -0.4 is 10.2 Å². The summed E-state index contributed by atoms with van der Waals surface area (Å²) >= 11 is 1.58. The number of aromatic nitrogens is 2. The van der Waals surface area contributed by atoms with Gasteiger partial charge in [-0.05, 0) is 42.7 Å². The van der Waals surface area contributed by atoms with Crippen LogP contribution in [0.5, 0.6) is 0 Å². The third-order valence-corrected chi connectivity index (χ3v) is 6.07. The molecule has 1 amide bonds. The molecule has 1 aliphatic rings. The maximum absolute atomic E-state index is 13.0. The van der Waals surface area contributed by atoms with E-state index < -0.39 is 0 Å². The van der Waals surface area contributed by atoms with E-state index >= 15 is 0 Å². The summed E-state index contributed by atoms with van der Waals surface area (Å²) in [5.74, 6) is 0.449. The highest BCUT2D eigenvalue weighted by Crippen LogP contribution is 2.33. The summed E-state index contributed by atoms with van der Waals surface area (Å²) in [5.41, 5.74) is 0.882. The largest absolute Gasteiger partial charge is 0.354 e. The standard InChI is InChI=1S/C23H23FN4OS/c24-19-10-8-17(9-11-19)15-27-22(29)18-5-4-14-28(16-18)21-23(26-13-12-25-21)30-20-6-2-1-3-7-20/h1-3,6-13,18H,4-5,14-16H2,(H,27,29)/t18-/m0/s1. The number of nitrogens with one attached hydrogen (secondary N) is 1. The van der Waals surface area contributed by atoms with Gasteiger partial charge in [0.2, 0.25) is 5.91 Å². The Balaban J connectivity index is 1.41. The average molecular weight is 423 g/mol. The summed E-state index contributed by atoms with van der Waals surface area (Å²) in [6, 6.07) is 16.3. The number of hydrogen-bond donors (Lipinski definition) is 1. The molecule has 0 saturated carbocycles. The number of halogens is 1. The van der Waals surface area contributed by atoms with Crippen molar-refractivity contribution in [2.45, 2.75) is 29.3 Å². The number of nitrogens with zero attached hydrogens (tertiary/aromatic N) is 3. The first-order chi connectivity index (χ1) is 14.7. The van der Waals surface area contributed by atoms with Crippen molar-refractivity contribution < 1.29 is 9.18 Å². The zero-order valence-electron chi connectivity index (χ0n) is 16.5. The van der Waals surface area contributed by atoms with E-state index in [2.05, 4.69) is 20.2 Å². The Morgan fingerprint density at radius 1 is 1.10 bits per heavy atom. The fourth-order valence-electron chi connectivity index (χ4n) is 3.53. The fraction of sp³-hybridized carbons (Fsp3) is 0.261. The molecule has 0 aliphatic carbocycles. The molecule has 0 radical (unpaired) electrons. The van der Waals surface area contributed by atoms with Crippen molar-refractivity contribution in [1.82, 2.24) is 15.3 Å². The van der Waals surface area contributed by atoms with E-state index in [0.29, 0.717) is 13.1 Å². The Bertz CT molecular complexity index is 984. The topological polar surface area (TPSA) is 58.1 Å². The molecule has 0 spiro atoms. The molecule has 154 valence electrons. The van der Waals surface area contributed by atoms with E-state index in [1.807, 2.05) is 30.3 Å². The van der Waals surface area contributed by atoms with E-state index in [4.69, 9.17) is 0 Å². The van der Waals surface area contributed by atoms with Crippen LogP contribution in [-0.4, -0.2) is 29.0 Å². The van der Waals surface area contributed by atoms with Crippen molar-refractivity contribution in [3.63, 3.8) is 0 Å². The number of piperidine rings is 1. The number of hydrogen-bond acceptors (Lipinski definition) is 5. The Morgan fingerprint density at radius 2 is 1.87 bits per heavy atom. The number of rotatable bonds is 6. The number of benzene rings is 2. The highest BCUT2D eigenvalue weighted by atomic mass is 32.2. The van der Waals surface area contributed by atoms with Gasteiger partial charge in [0.05, 0.1) is 5.92 Å². The van der Waals surface area contributed by atoms with Crippen LogP contribution in [0.15, 0.2) is 76.9 Å². The second-order valence-corrected chi connectivity index (χ2v) is 8.29. The summed E-state index contributed by atoms with van der Waals surface area (Å²) < 4.78 is 13.0. The zero-order chi connectivity index (χ0) is 20.8. The van der Waals surface area contributed by atoms with E-state index in [-0.39, 0.29) is 17.6 Å². The molecular weight excluding hydrogens is 399 g/mol. The van der Waals surface area contributed by atoms with Crippen LogP contribution in [0.3, 0.4) is 0 Å². The molecule has 1 saturated heterocycles. The molecule has 0 bridgehead atoms. The summed E-state index contributed by atoms with van der Waals surface area (Å²) in [5, 5.41) is 3.83. The SMILES string of the molecule is O=C(NCc1ccc(F)cc1)[C@H]1CCCN(c2nccnc2Sc2ccccc2)C1. The minimum atomic E-state index is -0.277. The molecule has 1 N–H and O–H groups in total. The lowest BCUT2D eigenvalue weighted by Crippen LogP contribution is -2.43. The van der Waals surface area contributed by atoms with E-state index in [9.17, 15) is 9.18 Å². The molecule has 3 aromatic rings. The second kappa shape index (κ2) is 9.71. The molecule has 4 rings (SSSR count). The zero-order valence-corrected chi connectivity index (χ0v) is 17.3. The number of carbonyl (C=O) groups is 1. The second-order valence-electron chi connectivity index (χ2n) is 7.23. The molecule has 7 heteroatoms. The molecule has 2 heterocycles. The minimum Gasteiger partial charge on any atom is -0.354 e. The lowest BCUT2D eigenvalue weighted by atomic mass is 9.97. The van der Waals surface area contributed by atoms with Crippen LogP contribution in [0.25, 0.3) is 0 Å². The quantitative estimate of drug-likeness (QED) is 0.642. The number of carbonyl (C=O) groups excluding carboxylic acids is 1. The first kappa shape index (κ1) is 20.3. The van der Waals surface area contributed by atoms with Crippen LogP contribution >= 0.6 is 11.8 Å². The van der Waals surface area contributed by atoms with Gasteiger partial charge in [-0.15, -0.1) is 0 Å². The number of anilines is 1. The van der Waals surface area contributed by atoms with Crippen LogP contribution in [0.4, 0.5) is 10.2 Å². The highest BCUT2D eigenvalue weighted by Gasteiger charge is 2.28. The first-order valence-corrected chi connectivity index (χ1v) is 10.8. The first-order valence-electron chi connectivity index (χ1n) is 10.00. The van der Waals surface area contributed by atoms with Gasteiger partial charge in [0.1, 0.15) is 10.8 Å². The van der Waals surface area contributed by atoms with E-state index in [1.54, 1.807) is 36.3 Å². The van der Waals surface area contributed by atoms with E-state index in [0.717, 1.165) is 40.7 Å². The maximum atomic E-state index is 13.0. The molecule has 30 heavy (non-hydrogen) atoms. The van der Waals surface area contributed by atoms with Crippen molar-refractivity contribution in [2.75, 3.05) is 18.0 Å². The Morgan fingerprint density at radius 3 is 2.67 bits per heavy atom. The van der Waals surface area contributed by atoms with Gasteiger partial charge in [-0.2, -0.15) is 0 Å². The normalized spacial score (nSPS) is 16.3. The predicted octanol–water partition coefficient (Wildman–Crippen LogP) is 4.30. The van der Waals surface area contributed by atoms with Crippen LogP contribution in [0.1, 0.15) is 18.4 Å². The fourth-order valence-corrected chi connectivity index (χ4v) is 4.43. The van der Waals surface area contributed by atoms with Crippen molar-refractivity contribution in [3.8, 4) is 0 Å². The summed E-state index contributed by atoms with van der Waals surface area (Å²) in [7, 11) is 0. The molecule has 2 aromatic carbocycles. The molecule has 1 aliphatic heterocycles. The van der Waals surface area contributed by atoms with Gasteiger partial charge in [-0.1, -0.05) is 42.1 Å². The van der Waals surface area contributed by atoms with Crippen LogP contribution in [0.2, 0.25) is 0 Å². The third-order valence-electron chi connectivity index (χ3n) is 5.08. The molecule has 1 aromatic heterocycles. The molecule has 1 atom stereocenters. The summed E-state index contributed by atoms with van der Waals surface area (Å²) in [6.45, 7) is 1.86. The third kappa shape index (κ3) is 5.16. The Hall–Kier alpha value is -2.93. The van der Waals surface area contributed by atoms with Crippen molar-refractivity contribution in [2.24, 2.45) is 5.92 Å². The molecular formula is C23H23FN4OS. The van der Waals surface area contributed by atoms with Gasteiger partial charge in [0.15, 0.2) is 5.82 Å². The highest BCUT2D eigenvalue weighted by molar-refractivity contribution is 7.99. The lowest BCUT2D eigenvalue weighted by molar-refractivity contribution is -0.125.